The van der Waals surface area contributed by atoms with Gasteiger partial charge in [0.2, 0.25) is 5.95 Å². The minimum Gasteiger partial charge on any atom is -0.350 e. The summed E-state index contributed by atoms with van der Waals surface area (Å²) in [6.45, 7) is 4.67. The van der Waals surface area contributed by atoms with Crippen molar-refractivity contribution >= 4 is 21.6 Å². The fraction of sp³-hybridized carbons (Fsp3) is 0.750. The molecule has 3 rings (SSSR count). The van der Waals surface area contributed by atoms with Crippen molar-refractivity contribution in [3.05, 3.63) is 12.3 Å². The molecule has 7 nitrogen and oxygen atoms in total. The van der Waals surface area contributed by atoms with Gasteiger partial charge in [-0.15, -0.1) is 0 Å². The molecular weight excluding hydrogens is 326 g/mol. The summed E-state index contributed by atoms with van der Waals surface area (Å²) < 4.78 is 24.0. The second kappa shape index (κ2) is 7.23. The monoisotopic (exact) mass is 353 g/mol. The van der Waals surface area contributed by atoms with E-state index in [0.29, 0.717) is 5.95 Å². The molecule has 2 atom stereocenters. The van der Waals surface area contributed by atoms with Gasteiger partial charge in [-0.05, 0) is 12.5 Å². The van der Waals surface area contributed by atoms with Crippen LogP contribution in [-0.4, -0.2) is 68.7 Å². The average Bonchev–Trinajstić information content (AvgIpc) is 2.88. The summed E-state index contributed by atoms with van der Waals surface area (Å²) in [5.41, 5.74) is 0. The van der Waals surface area contributed by atoms with Gasteiger partial charge in [0, 0.05) is 38.9 Å². The molecule has 0 spiro atoms. The molecule has 134 valence electrons. The number of sulfone groups is 1. The Labute approximate surface area is 144 Å². The quantitative estimate of drug-likeness (QED) is 0.753. The van der Waals surface area contributed by atoms with Gasteiger partial charge in [0.25, 0.3) is 0 Å². The Kier molecular flexibility index (Phi) is 5.24. The second-order valence-corrected chi connectivity index (χ2v) is 8.90. The molecule has 2 saturated heterocycles. The van der Waals surface area contributed by atoms with Gasteiger partial charge < -0.3 is 15.1 Å². The number of hydrogen-bond donors (Lipinski definition) is 1. The van der Waals surface area contributed by atoms with Crippen molar-refractivity contribution in [3.63, 3.8) is 0 Å². The third kappa shape index (κ3) is 3.80. The Bertz CT molecular complexity index is 666. The predicted molar refractivity (Wildman–Crippen MR) is 96.4 cm³/mol. The van der Waals surface area contributed by atoms with Gasteiger partial charge in [-0.2, -0.15) is 4.98 Å². The van der Waals surface area contributed by atoms with Crippen molar-refractivity contribution in [3.8, 4) is 0 Å². The zero-order chi connectivity index (χ0) is 17.2. The number of unbranched alkanes of at least 4 members (excludes halogenated alkanes) is 2. The highest BCUT2D eigenvalue weighted by atomic mass is 32.2. The van der Waals surface area contributed by atoms with E-state index in [1.54, 1.807) is 6.20 Å². The minimum atomic E-state index is -2.97. The van der Waals surface area contributed by atoms with Crippen LogP contribution >= 0.6 is 0 Å². The number of nitrogens with zero attached hydrogens (tertiary/aromatic N) is 4. The number of rotatable bonds is 6. The molecule has 0 aliphatic carbocycles. The molecule has 3 heterocycles. The second-order valence-electron chi connectivity index (χ2n) is 6.74. The maximum Gasteiger partial charge on any atom is 0.226 e. The van der Waals surface area contributed by atoms with Crippen molar-refractivity contribution in [2.75, 3.05) is 48.0 Å². The molecule has 1 N–H and O–H groups in total. The van der Waals surface area contributed by atoms with E-state index >= 15 is 0 Å². The van der Waals surface area contributed by atoms with Crippen LogP contribution < -0.4 is 15.1 Å². The van der Waals surface area contributed by atoms with E-state index in [2.05, 4.69) is 27.0 Å². The van der Waals surface area contributed by atoms with Crippen LogP contribution in [0.3, 0.4) is 0 Å². The number of hydrogen-bond acceptors (Lipinski definition) is 7. The van der Waals surface area contributed by atoms with Crippen molar-refractivity contribution in [2.45, 2.75) is 38.3 Å². The Morgan fingerprint density at radius 3 is 3.00 bits per heavy atom. The largest absolute Gasteiger partial charge is 0.350 e. The van der Waals surface area contributed by atoms with Crippen LogP contribution in [-0.2, 0) is 9.84 Å². The smallest absolute Gasteiger partial charge is 0.226 e. The Morgan fingerprint density at radius 1 is 1.38 bits per heavy atom. The molecule has 1 aromatic rings. The van der Waals surface area contributed by atoms with Crippen molar-refractivity contribution in [1.82, 2.24) is 15.3 Å². The summed E-state index contributed by atoms with van der Waals surface area (Å²) in [5, 5.41) is 3.33. The van der Waals surface area contributed by atoms with Crippen LogP contribution in [0.25, 0.3) is 0 Å². The van der Waals surface area contributed by atoms with Crippen LogP contribution in [0.4, 0.5) is 11.8 Å². The van der Waals surface area contributed by atoms with Gasteiger partial charge in [0.05, 0.1) is 17.5 Å². The molecule has 2 aliphatic heterocycles. The Hall–Kier alpha value is -1.41. The highest BCUT2D eigenvalue weighted by Crippen LogP contribution is 2.26. The predicted octanol–water partition coefficient (Wildman–Crippen LogP) is 0.678. The number of piperazine rings is 1. The fourth-order valence-corrected chi connectivity index (χ4v) is 5.49. The Balaban J connectivity index is 1.75. The van der Waals surface area contributed by atoms with Crippen molar-refractivity contribution in [1.29, 1.82) is 0 Å². The van der Waals surface area contributed by atoms with Crippen LogP contribution in [0.1, 0.15) is 26.2 Å². The first-order valence-corrected chi connectivity index (χ1v) is 10.6. The number of nitrogens with one attached hydrogen (secondary N) is 1. The highest BCUT2D eigenvalue weighted by Gasteiger charge is 2.43. The summed E-state index contributed by atoms with van der Waals surface area (Å²) in [7, 11) is -0.960. The van der Waals surface area contributed by atoms with Gasteiger partial charge in [-0.25, -0.2) is 13.4 Å². The topological polar surface area (TPSA) is 78.4 Å². The normalized spacial score (nSPS) is 25.5. The molecule has 8 heteroatoms. The van der Waals surface area contributed by atoms with Gasteiger partial charge in [0.15, 0.2) is 9.84 Å². The third-order valence-electron chi connectivity index (χ3n) is 4.84. The zero-order valence-electron chi connectivity index (χ0n) is 14.5. The van der Waals surface area contributed by atoms with E-state index in [-0.39, 0.29) is 23.6 Å². The molecule has 0 bridgehead atoms. The Morgan fingerprint density at radius 2 is 2.21 bits per heavy atom. The SMILES string of the molecule is CCCCCN(C)c1nccc(N2CCN[C@@H]3CS(=O)(=O)C[C@@H]32)n1. The number of aromatic nitrogens is 2. The maximum absolute atomic E-state index is 12.0. The lowest BCUT2D eigenvalue weighted by molar-refractivity contribution is 0.422. The van der Waals surface area contributed by atoms with Crippen molar-refractivity contribution < 1.29 is 8.42 Å². The highest BCUT2D eigenvalue weighted by molar-refractivity contribution is 7.91. The van der Waals surface area contributed by atoms with E-state index in [0.717, 1.165) is 31.9 Å². The first-order valence-electron chi connectivity index (χ1n) is 8.75. The molecule has 0 amide bonds. The van der Waals surface area contributed by atoms with Crippen molar-refractivity contribution in [2.24, 2.45) is 0 Å². The fourth-order valence-electron chi connectivity index (χ4n) is 3.53. The lowest BCUT2D eigenvalue weighted by Gasteiger charge is -2.38. The average molecular weight is 353 g/mol. The lowest BCUT2D eigenvalue weighted by atomic mass is 10.1. The van der Waals surface area contributed by atoms with Crippen LogP contribution in [0.2, 0.25) is 0 Å². The first-order chi connectivity index (χ1) is 11.5. The van der Waals surface area contributed by atoms with Gasteiger partial charge >= 0.3 is 0 Å². The van der Waals surface area contributed by atoms with Gasteiger partial charge in [-0.1, -0.05) is 19.8 Å². The lowest BCUT2D eigenvalue weighted by Crippen LogP contribution is -2.57. The molecule has 1 aromatic heterocycles. The molecule has 24 heavy (non-hydrogen) atoms. The van der Waals surface area contributed by atoms with Gasteiger partial charge in [0.1, 0.15) is 5.82 Å². The summed E-state index contributed by atoms with van der Waals surface area (Å²) in [6, 6.07) is 1.86. The molecule has 0 aromatic carbocycles. The van der Waals surface area contributed by atoms with Crippen LogP contribution in [0.15, 0.2) is 12.3 Å². The molecule has 2 fully saturated rings. The van der Waals surface area contributed by atoms with E-state index in [4.69, 9.17) is 4.98 Å². The summed E-state index contributed by atoms with van der Waals surface area (Å²) >= 11 is 0. The number of fused-ring (bicyclic) bond motifs is 1. The van der Waals surface area contributed by atoms with E-state index in [9.17, 15) is 8.42 Å². The van der Waals surface area contributed by atoms with E-state index in [1.165, 1.54) is 12.8 Å². The van der Waals surface area contributed by atoms with E-state index in [1.807, 2.05) is 13.1 Å². The number of anilines is 2. The molecule has 0 unspecified atom stereocenters. The van der Waals surface area contributed by atoms with E-state index < -0.39 is 9.84 Å². The minimum absolute atomic E-state index is 0.00412. The first kappa shape index (κ1) is 17.4. The maximum atomic E-state index is 12.0. The molecular formula is C16H27N5O2S. The summed E-state index contributed by atoms with van der Waals surface area (Å²) in [6.07, 6.45) is 5.28. The third-order valence-corrected chi connectivity index (χ3v) is 6.56. The van der Waals surface area contributed by atoms with Crippen LogP contribution in [0.5, 0.6) is 0 Å². The molecule has 0 saturated carbocycles. The standard InChI is InChI=1S/C16H27N5O2S/c1-3-4-5-9-20(2)16-18-7-6-15(19-16)21-10-8-17-13-11-24(22,23)12-14(13)21/h6-7,13-14,17H,3-5,8-12H2,1-2H3/t13-,14+/m1/s1. The summed E-state index contributed by atoms with van der Waals surface area (Å²) in [4.78, 5) is 13.3. The summed E-state index contributed by atoms with van der Waals surface area (Å²) in [5.74, 6) is 1.97. The molecule has 0 radical (unpaired) electrons. The molecule has 2 aliphatic rings. The zero-order valence-corrected chi connectivity index (χ0v) is 15.3. The van der Waals surface area contributed by atoms with Crippen LogP contribution in [0, 0.1) is 0 Å². The van der Waals surface area contributed by atoms with Gasteiger partial charge in [-0.3, -0.25) is 0 Å².